The van der Waals surface area contributed by atoms with Crippen molar-refractivity contribution in [2.24, 2.45) is 0 Å². The van der Waals surface area contributed by atoms with Crippen LogP contribution in [-0.2, 0) is 9.84 Å². The number of benzene rings is 1. The molecule has 1 rings (SSSR count). The highest BCUT2D eigenvalue weighted by atomic mass is 32.2. The SMILES string of the molecule is CNCC(=O)c1ccc(S(C)(=O)=O)c(SC)c1. The summed E-state index contributed by atoms with van der Waals surface area (Å²) < 4.78 is 23.0. The van der Waals surface area contributed by atoms with E-state index in [-0.39, 0.29) is 17.2 Å². The van der Waals surface area contributed by atoms with Gasteiger partial charge >= 0.3 is 0 Å². The maximum atomic E-state index is 11.7. The molecule has 0 unspecified atom stereocenters. The van der Waals surface area contributed by atoms with Crippen molar-refractivity contribution in [2.45, 2.75) is 9.79 Å². The number of carbonyl (C=O) groups is 1. The fraction of sp³-hybridized carbons (Fsp3) is 0.364. The zero-order valence-corrected chi connectivity index (χ0v) is 11.6. The second-order valence-electron chi connectivity index (χ2n) is 3.59. The third-order valence-electron chi connectivity index (χ3n) is 2.22. The van der Waals surface area contributed by atoms with Crippen LogP contribution >= 0.6 is 11.8 Å². The second kappa shape index (κ2) is 5.66. The predicted octanol–water partition coefficient (Wildman–Crippen LogP) is 1.21. The van der Waals surface area contributed by atoms with E-state index in [0.717, 1.165) is 6.26 Å². The maximum Gasteiger partial charge on any atom is 0.176 e. The Morgan fingerprint density at radius 2 is 2.06 bits per heavy atom. The van der Waals surface area contributed by atoms with Gasteiger partial charge in [0.05, 0.1) is 11.4 Å². The number of rotatable bonds is 5. The fourth-order valence-electron chi connectivity index (χ4n) is 1.41. The minimum atomic E-state index is -3.25. The Hall–Kier alpha value is -0.850. The van der Waals surface area contributed by atoms with Crippen molar-refractivity contribution >= 4 is 27.4 Å². The molecule has 6 heteroatoms. The van der Waals surface area contributed by atoms with Crippen molar-refractivity contribution in [2.75, 3.05) is 26.1 Å². The van der Waals surface area contributed by atoms with Crippen LogP contribution < -0.4 is 5.32 Å². The average Bonchev–Trinajstić information content (AvgIpc) is 2.27. The summed E-state index contributed by atoms with van der Waals surface area (Å²) in [6, 6.07) is 4.67. The number of hydrogen-bond acceptors (Lipinski definition) is 5. The third kappa shape index (κ3) is 3.55. The molecule has 0 spiro atoms. The van der Waals surface area contributed by atoms with Gasteiger partial charge in [-0.2, -0.15) is 0 Å². The van der Waals surface area contributed by atoms with E-state index in [1.54, 1.807) is 25.4 Å². The first-order valence-electron chi connectivity index (χ1n) is 4.96. The molecule has 0 saturated heterocycles. The van der Waals surface area contributed by atoms with Gasteiger partial charge in [0.1, 0.15) is 0 Å². The van der Waals surface area contributed by atoms with Gasteiger partial charge in [-0.25, -0.2) is 8.42 Å². The monoisotopic (exact) mass is 273 g/mol. The molecule has 1 aromatic carbocycles. The summed E-state index contributed by atoms with van der Waals surface area (Å²) >= 11 is 1.32. The molecule has 1 aromatic rings. The van der Waals surface area contributed by atoms with Crippen molar-refractivity contribution in [3.63, 3.8) is 0 Å². The molecule has 17 heavy (non-hydrogen) atoms. The highest BCUT2D eigenvalue weighted by Crippen LogP contribution is 2.26. The zero-order valence-electron chi connectivity index (χ0n) is 9.98. The van der Waals surface area contributed by atoms with Crippen molar-refractivity contribution in [3.8, 4) is 0 Å². The van der Waals surface area contributed by atoms with E-state index in [1.807, 2.05) is 0 Å². The Bertz CT molecular complexity index is 524. The molecule has 0 aliphatic rings. The van der Waals surface area contributed by atoms with Gasteiger partial charge in [-0.1, -0.05) is 0 Å². The van der Waals surface area contributed by atoms with Crippen LogP contribution in [0.15, 0.2) is 28.0 Å². The highest BCUT2D eigenvalue weighted by Gasteiger charge is 2.15. The van der Waals surface area contributed by atoms with E-state index in [0.29, 0.717) is 10.5 Å². The van der Waals surface area contributed by atoms with Crippen molar-refractivity contribution in [3.05, 3.63) is 23.8 Å². The molecule has 0 aromatic heterocycles. The number of ketones is 1. The second-order valence-corrected chi connectivity index (χ2v) is 6.42. The van der Waals surface area contributed by atoms with Gasteiger partial charge < -0.3 is 5.32 Å². The van der Waals surface area contributed by atoms with Crippen molar-refractivity contribution in [1.29, 1.82) is 0 Å². The molecule has 4 nitrogen and oxygen atoms in total. The van der Waals surface area contributed by atoms with Gasteiger partial charge in [-0.15, -0.1) is 11.8 Å². The van der Waals surface area contributed by atoms with Crippen LogP contribution in [0.3, 0.4) is 0 Å². The number of nitrogens with one attached hydrogen (secondary N) is 1. The van der Waals surface area contributed by atoms with Crippen LogP contribution in [0.25, 0.3) is 0 Å². The van der Waals surface area contributed by atoms with Crippen molar-refractivity contribution in [1.82, 2.24) is 5.32 Å². The van der Waals surface area contributed by atoms with E-state index >= 15 is 0 Å². The molecular formula is C11H15NO3S2. The number of hydrogen-bond donors (Lipinski definition) is 1. The average molecular weight is 273 g/mol. The lowest BCUT2D eigenvalue weighted by Gasteiger charge is -2.07. The lowest BCUT2D eigenvalue weighted by Crippen LogP contribution is -2.18. The lowest BCUT2D eigenvalue weighted by atomic mass is 10.1. The number of likely N-dealkylation sites (N-methyl/N-ethyl adjacent to an activating group) is 1. The van der Waals surface area contributed by atoms with E-state index in [9.17, 15) is 13.2 Å². The summed E-state index contributed by atoms with van der Waals surface area (Å²) in [5.74, 6) is -0.0529. The Kier molecular flexibility index (Phi) is 4.73. The summed E-state index contributed by atoms with van der Waals surface area (Å²) in [4.78, 5) is 12.5. The Morgan fingerprint density at radius 1 is 1.41 bits per heavy atom. The Labute approximate surface area is 106 Å². The molecule has 0 aliphatic heterocycles. The van der Waals surface area contributed by atoms with E-state index in [1.165, 1.54) is 17.8 Å². The van der Waals surface area contributed by atoms with Crippen LogP contribution in [0.1, 0.15) is 10.4 Å². The smallest absolute Gasteiger partial charge is 0.176 e. The van der Waals surface area contributed by atoms with Gasteiger partial charge in [0.15, 0.2) is 15.6 Å². The summed E-state index contributed by atoms with van der Waals surface area (Å²) in [5, 5.41) is 2.77. The number of carbonyl (C=O) groups excluding carboxylic acids is 1. The number of Topliss-reactive ketones (excluding diaryl/α,β-unsaturated/α-hetero) is 1. The summed E-state index contributed by atoms with van der Waals surface area (Å²) in [6.07, 6.45) is 2.95. The zero-order chi connectivity index (χ0) is 13.1. The van der Waals surface area contributed by atoms with E-state index in [2.05, 4.69) is 5.32 Å². The summed E-state index contributed by atoms with van der Waals surface area (Å²) in [6.45, 7) is 0.242. The Morgan fingerprint density at radius 3 is 2.53 bits per heavy atom. The van der Waals surface area contributed by atoms with Gasteiger partial charge in [0.2, 0.25) is 0 Å². The van der Waals surface area contributed by atoms with Crippen molar-refractivity contribution < 1.29 is 13.2 Å². The summed E-state index contributed by atoms with van der Waals surface area (Å²) in [5.41, 5.74) is 0.524. The first kappa shape index (κ1) is 14.2. The van der Waals surface area contributed by atoms with Gasteiger partial charge in [0.25, 0.3) is 0 Å². The standard InChI is InChI=1S/C11H15NO3S2/c1-12-7-9(13)8-4-5-11(17(3,14)15)10(6-8)16-2/h4-6,12H,7H2,1-3H3. The molecule has 0 fully saturated rings. The lowest BCUT2D eigenvalue weighted by molar-refractivity contribution is 0.0993. The van der Waals surface area contributed by atoms with Crippen LogP contribution in [0.2, 0.25) is 0 Å². The molecule has 0 saturated carbocycles. The van der Waals surface area contributed by atoms with Crippen LogP contribution in [0.5, 0.6) is 0 Å². The first-order chi connectivity index (χ1) is 7.90. The number of thioether (sulfide) groups is 1. The van der Waals surface area contributed by atoms with Gasteiger partial charge in [-0.05, 0) is 31.5 Å². The first-order valence-corrected chi connectivity index (χ1v) is 8.07. The quantitative estimate of drug-likeness (QED) is 0.645. The molecule has 0 aliphatic carbocycles. The largest absolute Gasteiger partial charge is 0.313 e. The van der Waals surface area contributed by atoms with Gasteiger partial charge in [0, 0.05) is 16.7 Å². The molecule has 1 N–H and O–H groups in total. The molecule has 0 amide bonds. The molecule has 0 radical (unpaired) electrons. The molecule has 0 heterocycles. The molecular weight excluding hydrogens is 258 g/mol. The van der Waals surface area contributed by atoms with Gasteiger partial charge in [-0.3, -0.25) is 4.79 Å². The fourth-order valence-corrected chi connectivity index (χ4v) is 3.37. The Balaban J connectivity index is 3.22. The van der Waals surface area contributed by atoms with Crippen LogP contribution in [-0.4, -0.2) is 40.3 Å². The predicted molar refractivity (Wildman–Crippen MR) is 69.6 cm³/mol. The molecule has 0 atom stereocenters. The highest BCUT2D eigenvalue weighted by molar-refractivity contribution is 7.99. The normalized spacial score (nSPS) is 11.5. The summed E-state index contributed by atoms with van der Waals surface area (Å²) in [7, 11) is -1.56. The van der Waals surface area contributed by atoms with E-state index in [4.69, 9.17) is 0 Å². The minimum absolute atomic E-state index is 0.0529. The van der Waals surface area contributed by atoms with Crippen LogP contribution in [0, 0.1) is 0 Å². The number of sulfone groups is 1. The minimum Gasteiger partial charge on any atom is -0.313 e. The topological polar surface area (TPSA) is 63.2 Å². The van der Waals surface area contributed by atoms with Crippen LogP contribution in [0.4, 0.5) is 0 Å². The molecule has 94 valence electrons. The third-order valence-corrected chi connectivity index (χ3v) is 4.28. The van der Waals surface area contributed by atoms with E-state index < -0.39 is 9.84 Å². The molecule has 0 bridgehead atoms. The maximum absolute atomic E-state index is 11.7.